The minimum atomic E-state index is -0.761. The van der Waals surface area contributed by atoms with Gasteiger partial charge in [-0.25, -0.2) is 0 Å². The Bertz CT molecular complexity index is 1400. The van der Waals surface area contributed by atoms with Crippen LogP contribution in [0, 0.1) is 6.92 Å². The maximum absolute atomic E-state index is 13.4. The lowest BCUT2D eigenvalue weighted by Crippen LogP contribution is -2.31. The molecule has 38 heavy (non-hydrogen) atoms. The van der Waals surface area contributed by atoms with Gasteiger partial charge in [0.2, 0.25) is 0 Å². The fourth-order valence-electron chi connectivity index (χ4n) is 4.72. The Morgan fingerprint density at radius 1 is 0.816 bits per heavy atom. The topological polar surface area (TPSA) is 94.5 Å². The maximum Gasteiger partial charge on any atom is 0.295 e. The summed E-state index contributed by atoms with van der Waals surface area (Å²) in [7, 11) is 6.13. The minimum Gasteiger partial charge on any atom is -0.507 e. The molecule has 0 bridgehead atoms. The molecule has 0 radical (unpaired) electrons. The fraction of sp³-hybridized carbons (Fsp3) is 0.267. The largest absolute Gasteiger partial charge is 0.507 e. The molecule has 0 aliphatic carbocycles. The summed E-state index contributed by atoms with van der Waals surface area (Å²) < 4.78 is 21.4. The fourth-order valence-corrected chi connectivity index (χ4v) is 4.72. The number of hydrogen-bond donors (Lipinski definition) is 1. The van der Waals surface area contributed by atoms with E-state index in [1.807, 2.05) is 43.3 Å². The SMILES string of the molecule is COc1ccc(CCN2C(=O)C(=O)/C(=C(\O)c3ccc(OC)c(OC)c3)C2c2cccc(C)c2)cc1OC. The van der Waals surface area contributed by atoms with E-state index in [0.717, 1.165) is 16.7 Å². The number of amides is 1. The van der Waals surface area contributed by atoms with Crippen molar-refractivity contribution in [3.63, 3.8) is 0 Å². The van der Waals surface area contributed by atoms with Crippen molar-refractivity contribution in [3.05, 3.63) is 88.5 Å². The van der Waals surface area contributed by atoms with E-state index in [0.29, 0.717) is 35.0 Å². The lowest BCUT2D eigenvalue weighted by molar-refractivity contribution is -0.139. The Morgan fingerprint density at radius 2 is 1.45 bits per heavy atom. The van der Waals surface area contributed by atoms with Crippen LogP contribution in [0.5, 0.6) is 23.0 Å². The molecule has 8 heteroatoms. The summed E-state index contributed by atoms with van der Waals surface area (Å²) in [5.74, 6) is 0.377. The number of ether oxygens (including phenoxy) is 4. The summed E-state index contributed by atoms with van der Waals surface area (Å²) in [6, 6.07) is 17.2. The number of nitrogens with zero attached hydrogens (tertiary/aromatic N) is 1. The van der Waals surface area contributed by atoms with Gasteiger partial charge in [-0.3, -0.25) is 9.59 Å². The molecule has 1 saturated heterocycles. The Hall–Kier alpha value is -4.46. The van der Waals surface area contributed by atoms with E-state index in [9.17, 15) is 14.7 Å². The third-order valence-corrected chi connectivity index (χ3v) is 6.64. The van der Waals surface area contributed by atoms with E-state index in [2.05, 4.69) is 0 Å². The van der Waals surface area contributed by atoms with E-state index in [4.69, 9.17) is 18.9 Å². The molecule has 0 spiro atoms. The lowest BCUT2D eigenvalue weighted by atomic mass is 9.94. The number of rotatable bonds is 9. The van der Waals surface area contributed by atoms with Crippen molar-refractivity contribution in [1.82, 2.24) is 4.90 Å². The summed E-state index contributed by atoms with van der Waals surface area (Å²) in [6.45, 7) is 2.19. The van der Waals surface area contributed by atoms with Gasteiger partial charge in [-0.15, -0.1) is 0 Å². The molecule has 8 nitrogen and oxygen atoms in total. The summed E-state index contributed by atoms with van der Waals surface area (Å²) >= 11 is 0. The van der Waals surface area contributed by atoms with Gasteiger partial charge in [0.25, 0.3) is 11.7 Å². The van der Waals surface area contributed by atoms with Gasteiger partial charge < -0.3 is 29.0 Å². The van der Waals surface area contributed by atoms with Crippen LogP contribution in [-0.4, -0.2) is 56.7 Å². The number of aryl methyl sites for hydroxylation is 1. The highest BCUT2D eigenvalue weighted by molar-refractivity contribution is 6.46. The number of hydrogen-bond acceptors (Lipinski definition) is 7. The van der Waals surface area contributed by atoms with Crippen molar-refractivity contribution in [1.29, 1.82) is 0 Å². The molecule has 198 valence electrons. The molecule has 0 aromatic heterocycles. The van der Waals surface area contributed by atoms with Gasteiger partial charge in [-0.1, -0.05) is 35.9 Å². The zero-order chi connectivity index (χ0) is 27.4. The van der Waals surface area contributed by atoms with Gasteiger partial charge in [0, 0.05) is 12.1 Å². The van der Waals surface area contributed by atoms with Crippen molar-refractivity contribution >= 4 is 17.4 Å². The Morgan fingerprint density at radius 3 is 2.08 bits per heavy atom. The molecule has 1 heterocycles. The standard InChI is InChI=1S/C30H31NO7/c1-18-7-6-8-20(15-18)27-26(28(32)21-10-12-23(36-3)25(17-21)38-5)29(33)30(34)31(27)14-13-19-9-11-22(35-2)24(16-19)37-4/h6-12,15-17,27,32H,13-14H2,1-5H3/b28-26-. The Kier molecular flexibility index (Phi) is 7.90. The van der Waals surface area contributed by atoms with Crippen molar-refractivity contribution in [2.75, 3.05) is 35.0 Å². The van der Waals surface area contributed by atoms with Crippen LogP contribution in [-0.2, 0) is 16.0 Å². The summed E-state index contributed by atoms with van der Waals surface area (Å²) in [5, 5.41) is 11.4. The first-order valence-electron chi connectivity index (χ1n) is 12.1. The maximum atomic E-state index is 13.4. The third-order valence-electron chi connectivity index (χ3n) is 6.64. The first kappa shape index (κ1) is 26.6. The van der Waals surface area contributed by atoms with Crippen LogP contribution >= 0.6 is 0 Å². The first-order valence-corrected chi connectivity index (χ1v) is 12.1. The average molecular weight is 518 g/mol. The average Bonchev–Trinajstić information content (AvgIpc) is 3.20. The number of Topliss-reactive ketones (excluding diaryl/α,β-unsaturated/α-hetero) is 1. The predicted octanol–water partition coefficient (Wildman–Crippen LogP) is 4.69. The van der Waals surface area contributed by atoms with Gasteiger partial charge in [-0.2, -0.15) is 0 Å². The number of carbonyl (C=O) groups is 2. The normalized spacial score (nSPS) is 16.4. The molecular formula is C30H31NO7. The van der Waals surface area contributed by atoms with E-state index < -0.39 is 17.7 Å². The van der Waals surface area contributed by atoms with Crippen LogP contribution in [0.4, 0.5) is 0 Å². The Labute approximate surface area is 222 Å². The van der Waals surface area contributed by atoms with Crippen LogP contribution in [0.15, 0.2) is 66.2 Å². The van der Waals surface area contributed by atoms with Crippen LogP contribution in [0.2, 0.25) is 0 Å². The molecule has 1 aliphatic heterocycles. The molecule has 1 unspecified atom stereocenters. The highest BCUT2D eigenvalue weighted by Crippen LogP contribution is 2.41. The zero-order valence-electron chi connectivity index (χ0n) is 22.1. The molecule has 4 rings (SSSR count). The monoisotopic (exact) mass is 517 g/mol. The highest BCUT2D eigenvalue weighted by Gasteiger charge is 2.46. The number of aliphatic hydroxyl groups excluding tert-OH is 1. The van der Waals surface area contributed by atoms with Crippen LogP contribution in [0.25, 0.3) is 5.76 Å². The zero-order valence-corrected chi connectivity index (χ0v) is 22.1. The summed E-state index contributed by atoms with van der Waals surface area (Å²) in [4.78, 5) is 28.2. The number of benzene rings is 3. The number of carbonyl (C=O) groups excluding carboxylic acids is 2. The number of aliphatic hydroxyl groups is 1. The Balaban J connectivity index is 1.77. The van der Waals surface area contributed by atoms with Gasteiger partial charge >= 0.3 is 0 Å². The van der Waals surface area contributed by atoms with Crippen LogP contribution in [0.3, 0.4) is 0 Å². The molecule has 1 atom stereocenters. The first-order chi connectivity index (χ1) is 18.3. The number of methoxy groups -OCH3 is 4. The molecule has 0 saturated carbocycles. The summed E-state index contributed by atoms with van der Waals surface area (Å²) in [6.07, 6.45) is 0.464. The van der Waals surface area contributed by atoms with Crippen molar-refractivity contribution < 1.29 is 33.6 Å². The van der Waals surface area contributed by atoms with E-state index >= 15 is 0 Å². The van der Waals surface area contributed by atoms with Crippen molar-refractivity contribution in [2.24, 2.45) is 0 Å². The molecular weight excluding hydrogens is 486 g/mol. The van der Waals surface area contributed by atoms with Gasteiger partial charge in [0.05, 0.1) is 40.1 Å². The molecule has 1 aliphatic rings. The summed E-state index contributed by atoms with van der Waals surface area (Å²) in [5.41, 5.74) is 2.99. The van der Waals surface area contributed by atoms with Gasteiger partial charge in [0.1, 0.15) is 5.76 Å². The van der Waals surface area contributed by atoms with E-state index in [1.165, 1.54) is 19.1 Å². The second kappa shape index (κ2) is 11.3. The molecule has 3 aromatic carbocycles. The molecule has 1 fully saturated rings. The predicted molar refractivity (Wildman–Crippen MR) is 143 cm³/mol. The van der Waals surface area contributed by atoms with Crippen LogP contribution < -0.4 is 18.9 Å². The van der Waals surface area contributed by atoms with E-state index in [-0.39, 0.29) is 17.9 Å². The lowest BCUT2D eigenvalue weighted by Gasteiger charge is -2.26. The van der Waals surface area contributed by atoms with E-state index in [1.54, 1.807) is 38.5 Å². The van der Waals surface area contributed by atoms with Crippen molar-refractivity contribution in [2.45, 2.75) is 19.4 Å². The third kappa shape index (κ3) is 5.02. The number of likely N-dealkylation sites (tertiary alicyclic amines) is 1. The smallest absolute Gasteiger partial charge is 0.295 e. The highest BCUT2D eigenvalue weighted by atomic mass is 16.5. The second-order valence-corrected chi connectivity index (χ2v) is 8.92. The quantitative estimate of drug-likeness (QED) is 0.250. The minimum absolute atomic E-state index is 0.0279. The molecule has 3 aromatic rings. The molecule has 1 N–H and O–H groups in total. The number of ketones is 1. The van der Waals surface area contributed by atoms with Gasteiger partial charge in [-0.05, 0) is 54.8 Å². The van der Waals surface area contributed by atoms with Crippen molar-refractivity contribution in [3.8, 4) is 23.0 Å². The van der Waals surface area contributed by atoms with Crippen LogP contribution in [0.1, 0.15) is 28.3 Å². The second-order valence-electron chi connectivity index (χ2n) is 8.92. The van der Waals surface area contributed by atoms with Gasteiger partial charge in [0.15, 0.2) is 23.0 Å². The molecule has 1 amide bonds.